The summed E-state index contributed by atoms with van der Waals surface area (Å²) in [5, 5.41) is 0.529. The topological polar surface area (TPSA) is 64.4 Å². The lowest BCUT2D eigenvalue weighted by molar-refractivity contribution is -0.136. The zero-order chi connectivity index (χ0) is 29.5. The molecule has 0 N–H and O–H groups in total. The molecular formula is C36H37N3O3. The van der Waals surface area contributed by atoms with Crippen molar-refractivity contribution >= 4 is 16.8 Å². The van der Waals surface area contributed by atoms with Gasteiger partial charge in [0.25, 0.3) is 5.56 Å². The van der Waals surface area contributed by atoms with Crippen LogP contribution >= 0.6 is 0 Å². The molecule has 1 aromatic heterocycles. The molecule has 5 aromatic rings. The Bertz CT molecular complexity index is 1680. The molecule has 5 rings (SSSR count). The Balaban J connectivity index is 1.70. The molecule has 0 aliphatic rings. The number of hydrogen-bond acceptors (Lipinski definition) is 4. The van der Waals surface area contributed by atoms with Crippen molar-refractivity contribution in [1.29, 1.82) is 0 Å². The molecule has 0 saturated heterocycles. The fourth-order valence-corrected chi connectivity index (χ4v) is 5.58. The van der Waals surface area contributed by atoms with Crippen LogP contribution < -0.4 is 10.3 Å². The molecule has 0 aliphatic carbocycles. The van der Waals surface area contributed by atoms with Gasteiger partial charge in [-0.05, 0) is 67.3 Å². The molecule has 1 amide bonds. The van der Waals surface area contributed by atoms with Gasteiger partial charge in [-0.2, -0.15) is 0 Å². The Morgan fingerprint density at radius 3 is 2.10 bits per heavy atom. The Labute approximate surface area is 247 Å². The smallest absolute Gasteiger partial charge is 0.266 e. The first-order chi connectivity index (χ1) is 20.5. The molecule has 0 fully saturated rings. The highest BCUT2D eigenvalue weighted by molar-refractivity contribution is 5.84. The van der Waals surface area contributed by atoms with Crippen LogP contribution in [0.2, 0.25) is 0 Å². The molecule has 214 valence electrons. The summed E-state index contributed by atoms with van der Waals surface area (Å²) in [6.45, 7) is 6.97. The van der Waals surface area contributed by atoms with Crippen molar-refractivity contribution < 1.29 is 9.53 Å². The lowest BCUT2D eigenvalue weighted by Crippen LogP contribution is -2.40. The van der Waals surface area contributed by atoms with E-state index in [0.29, 0.717) is 48.4 Å². The highest BCUT2D eigenvalue weighted by Gasteiger charge is 2.33. The van der Waals surface area contributed by atoms with Gasteiger partial charge in [0.15, 0.2) is 0 Å². The fraction of sp³-hybridized carbons (Fsp3) is 0.250. The first-order valence-electron chi connectivity index (χ1n) is 14.7. The number of aromatic nitrogens is 2. The normalized spacial score (nSPS) is 12.5. The van der Waals surface area contributed by atoms with Crippen molar-refractivity contribution in [2.45, 2.75) is 52.1 Å². The van der Waals surface area contributed by atoms with Crippen LogP contribution in [-0.4, -0.2) is 27.0 Å². The van der Waals surface area contributed by atoms with Crippen LogP contribution in [0.15, 0.2) is 114 Å². The van der Waals surface area contributed by atoms with Crippen molar-refractivity contribution in [1.82, 2.24) is 14.5 Å². The Morgan fingerprint density at radius 2 is 1.45 bits per heavy atom. The van der Waals surface area contributed by atoms with E-state index in [2.05, 4.69) is 0 Å². The average molecular weight is 560 g/mol. The van der Waals surface area contributed by atoms with E-state index in [9.17, 15) is 9.59 Å². The molecule has 0 aliphatic heterocycles. The quantitative estimate of drug-likeness (QED) is 0.169. The van der Waals surface area contributed by atoms with E-state index in [1.807, 2.05) is 129 Å². The lowest BCUT2D eigenvalue weighted by Gasteiger charge is -2.35. The predicted molar refractivity (Wildman–Crippen MR) is 168 cm³/mol. The summed E-state index contributed by atoms with van der Waals surface area (Å²) < 4.78 is 7.32. The maximum Gasteiger partial charge on any atom is 0.266 e. The first kappa shape index (κ1) is 28.8. The van der Waals surface area contributed by atoms with Crippen LogP contribution in [0.25, 0.3) is 16.6 Å². The van der Waals surface area contributed by atoms with Crippen LogP contribution in [0.4, 0.5) is 0 Å². The molecule has 0 radical (unpaired) electrons. The van der Waals surface area contributed by atoms with Gasteiger partial charge < -0.3 is 9.64 Å². The number of fused-ring (bicyclic) bond motifs is 1. The van der Waals surface area contributed by atoms with Gasteiger partial charge in [-0.1, -0.05) is 86.6 Å². The summed E-state index contributed by atoms with van der Waals surface area (Å²) in [5.41, 5.74) is 3.12. The van der Waals surface area contributed by atoms with Gasteiger partial charge in [0, 0.05) is 6.54 Å². The number of nitrogens with zero attached hydrogens (tertiary/aromatic N) is 3. The van der Waals surface area contributed by atoms with Crippen molar-refractivity contribution in [3.63, 3.8) is 0 Å². The standard InChI is InChI=1S/C36H37N3O3/c1-4-30(27-17-11-8-12-18-27)35(40)38(25-26-15-9-7-10-16-26)33(5-2)34-37-32-20-14-13-19-31(32)36(41)39(34)28-21-23-29(24-22-28)42-6-3/h7-24,30,33H,4-6,25H2,1-3H3. The lowest BCUT2D eigenvalue weighted by atomic mass is 9.93. The summed E-state index contributed by atoms with van der Waals surface area (Å²) in [6, 6.07) is 34.3. The number of benzene rings is 4. The predicted octanol–water partition coefficient (Wildman–Crippen LogP) is 7.46. The Hall–Kier alpha value is -4.71. The monoisotopic (exact) mass is 559 g/mol. The fourth-order valence-electron chi connectivity index (χ4n) is 5.58. The molecule has 2 atom stereocenters. The number of carbonyl (C=O) groups excluding carboxylic acids is 1. The minimum atomic E-state index is -0.459. The number of carbonyl (C=O) groups is 1. The molecule has 0 bridgehead atoms. The second-order valence-corrected chi connectivity index (χ2v) is 10.3. The van der Waals surface area contributed by atoms with E-state index in [4.69, 9.17) is 9.72 Å². The third-order valence-electron chi connectivity index (χ3n) is 7.66. The second-order valence-electron chi connectivity index (χ2n) is 10.3. The van der Waals surface area contributed by atoms with Crippen LogP contribution in [0.3, 0.4) is 0 Å². The molecule has 6 nitrogen and oxygen atoms in total. The van der Waals surface area contributed by atoms with Crippen LogP contribution in [0, 0.1) is 0 Å². The molecule has 1 heterocycles. The Kier molecular flexibility index (Phi) is 9.12. The highest BCUT2D eigenvalue weighted by atomic mass is 16.5. The van der Waals surface area contributed by atoms with E-state index in [-0.39, 0.29) is 17.4 Å². The van der Waals surface area contributed by atoms with Crippen LogP contribution in [0.5, 0.6) is 5.75 Å². The van der Waals surface area contributed by atoms with Gasteiger partial charge in [0.1, 0.15) is 11.6 Å². The largest absolute Gasteiger partial charge is 0.494 e. The third kappa shape index (κ3) is 5.98. The summed E-state index contributed by atoms with van der Waals surface area (Å²) in [7, 11) is 0. The van der Waals surface area contributed by atoms with Gasteiger partial charge in [-0.3, -0.25) is 14.2 Å². The number of para-hydroxylation sites is 1. The number of hydrogen-bond donors (Lipinski definition) is 0. The SMILES string of the molecule is CCOc1ccc(-n2c(C(CC)N(Cc3ccccc3)C(=O)C(CC)c3ccccc3)nc3ccccc3c2=O)cc1. The molecular weight excluding hydrogens is 522 g/mol. The molecule has 42 heavy (non-hydrogen) atoms. The van der Waals surface area contributed by atoms with Crippen LogP contribution in [-0.2, 0) is 11.3 Å². The van der Waals surface area contributed by atoms with Gasteiger partial charge >= 0.3 is 0 Å². The van der Waals surface area contributed by atoms with E-state index in [1.165, 1.54) is 0 Å². The van der Waals surface area contributed by atoms with Crippen molar-refractivity contribution in [2.24, 2.45) is 0 Å². The van der Waals surface area contributed by atoms with Crippen molar-refractivity contribution in [3.8, 4) is 11.4 Å². The molecule has 2 unspecified atom stereocenters. The zero-order valence-electron chi connectivity index (χ0n) is 24.4. The minimum Gasteiger partial charge on any atom is -0.494 e. The van der Waals surface area contributed by atoms with Crippen molar-refractivity contribution in [3.05, 3.63) is 136 Å². The summed E-state index contributed by atoms with van der Waals surface area (Å²) in [4.78, 5) is 35.7. The van der Waals surface area contributed by atoms with Crippen LogP contribution in [0.1, 0.15) is 62.5 Å². The molecule has 0 saturated carbocycles. The third-order valence-corrected chi connectivity index (χ3v) is 7.66. The van der Waals surface area contributed by atoms with E-state index in [1.54, 1.807) is 10.6 Å². The number of ether oxygens (including phenoxy) is 1. The molecule has 6 heteroatoms. The molecule has 4 aromatic carbocycles. The maximum absolute atomic E-state index is 14.6. The maximum atomic E-state index is 14.6. The van der Waals surface area contributed by atoms with E-state index < -0.39 is 6.04 Å². The van der Waals surface area contributed by atoms with Gasteiger partial charge in [0.05, 0.1) is 35.2 Å². The van der Waals surface area contributed by atoms with E-state index >= 15 is 0 Å². The first-order valence-corrected chi connectivity index (χ1v) is 14.7. The van der Waals surface area contributed by atoms with Gasteiger partial charge in [0.2, 0.25) is 5.91 Å². The number of rotatable bonds is 11. The average Bonchev–Trinajstić information content (AvgIpc) is 3.03. The Morgan fingerprint density at radius 1 is 0.810 bits per heavy atom. The zero-order valence-corrected chi connectivity index (χ0v) is 24.4. The molecule has 0 spiro atoms. The minimum absolute atomic E-state index is 0.0139. The van der Waals surface area contributed by atoms with E-state index in [0.717, 1.165) is 16.9 Å². The number of amides is 1. The van der Waals surface area contributed by atoms with Crippen molar-refractivity contribution in [2.75, 3.05) is 6.61 Å². The summed E-state index contributed by atoms with van der Waals surface area (Å²) >= 11 is 0. The summed E-state index contributed by atoms with van der Waals surface area (Å²) in [6.07, 6.45) is 1.23. The van der Waals surface area contributed by atoms with Gasteiger partial charge in [-0.25, -0.2) is 4.98 Å². The summed E-state index contributed by atoms with van der Waals surface area (Å²) in [5.74, 6) is 0.957. The van der Waals surface area contributed by atoms with Gasteiger partial charge in [-0.15, -0.1) is 0 Å². The second kappa shape index (κ2) is 13.3. The highest BCUT2D eigenvalue weighted by Crippen LogP contribution is 2.32.